The SMILES string of the molecule is C/C(=C/C#C[Si](C)(C)C)CCCO. The zero-order valence-corrected chi connectivity index (χ0v) is 10.1. The zero-order valence-electron chi connectivity index (χ0n) is 9.15. The molecule has 0 spiro atoms. The van der Waals surface area contributed by atoms with Crippen LogP contribution >= 0.6 is 0 Å². The van der Waals surface area contributed by atoms with Crippen molar-refractivity contribution in [3.8, 4) is 11.5 Å². The molecule has 0 saturated carbocycles. The van der Waals surface area contributed by atoms with Gasteiger partial charge in [-0.15, -0.1) is 5.54 Å². The fourth-order valence-corrected chi connectivity index (χ4v) is 1.31. The molecule has 0 aromatic heterocycles. The highest BCUT2D eigenvalue weighted by molar-refractivity contribution is 6.83. The van der Waals surface area contributed by atoms with Gasteiger partial charge in [-0.1, -0.05) is 31.1 Å². The van der Waals surface area contributed by atoms with Crippen molar-refractivity contribution in [3.63, 3.8) is 0 Å². The second-order valence-corrected chi connectivity index (χ2v) is 9.09. The summed E-state index contributed by atoms with van der Waals surface area (Å²) in [5.74, 6) is 3.10. The van der Waals surface area contributed by atoms with E-state index in [9.17, 15) is 0 Å². The molecule has 0 unspecified atom stereocenters. The Hall–Kier alpha value is -0.523. The summed E-state index contributed by atoms with van der Waals surface area (Å²) in [5.41, 5.74) is 4.54. The predicted molar refractivity (Wildman–Crippen MR) is 61.2 cm³/mol. The van der Waals surface area contributed by atoms with Gasteiger partial charge in [-0.2, -0.15) is 0 Å². The number of allylic oxidation sites excluding steroid dienone is 2. The second-order valence-electron chi connectivity index (χ2n) is 4.34. The maximum atomic E-state index is 8.61. The van der Waals surface area contributed by atoms with Crippen LogP contribution in [-0.4, -0.2) is 19.8 Å². The number of aliphatic hydroxyl groups is 1. The number of hydrogen-bond donors (Lipinski definition) is 1. The minimum absolute atomic E-state index is 0.270. The third kappa shape index (κ3) is 9.39. The molecule has 1 N–H and O–H groups in total. The molecule has 0 atom stereocenters. The van der Waals surface area contributed by atoms with Crippen LogP contribution in [0.2, 0.25) is 19.6 Å². The quantitative estimate of drug-likeness (QED) is 0.543. The zero-order chi connectivity index (χ0) is 10.3. The Morgan fingerprint density at radius 2 is 2.00 bits per heavy atom. The summed E-state index contributed by atoms with van der Waals surface area (Å²) < 4.78 is 0. The van der Waals surface area contributed by atoms with Crippen LogP contribution in [0.25, 0.3) is 0 Å². The van der Waals surface area contributed by atoms with Crippen molar-refractivity contribution < 1.29 is 5.11 Å². The molecular formula is C11H20OSi. The first kappa shape index (κ1) is 12.5. The van der Waals surface area contributed by atoms with E-state index in [-0.39, 0.29) is 6.61 Å². The van der Waals surface area contributed by atoms with Crippen molar-refractivity contribution >= 4 is 8.07 Å². The number of hydrogen-bond acceptors (Lipinski definition) is 1. The lowest BCUT2D eigenvalue weighted by Gasteiger charge is -2.02. The smallest absolute Gasteiger partial charge is 0.129 e. The maximum Gasteiger partial charge on any atom is 0.129 e. The molecule has 0 aromatic rings. The van der Waals surface area contributed by atoms with Crippen molar-refractivity contribution in [1.82, 2.24) is 0 Å². The van der Waals surface area contributed by atoms with Crippen LogP contribution in [0, 0.1) is 11.5 Å². The standard InChI is InChI=1S/C11H20OSi/c1-11(7-5-9-12)8-6-10-13(2,3)4/h8,12H,5,7,9H2,1-4H3/b11-8-. The molecule has 0 radical (unpaired) electrons. The molecule has 0 aliphatic heterocycles. The Labute approximate surface area is 82.9 Å². The van der Waals surface area contributed by atoms with Crippen LogP contribution in [0.1, 0.15) is 19.8 Å². The molecule has 1 nitrogen and oxygen atoms in total. The van der Waals surface area contributed by atoms with E-state index in [0.29, 0.717) is 0 Å². The van der Waals surface area contributed by atoms with E-state index in [4.69, 9.17) is 5.11 Å². The summed E-state index contributed by atoms with van der Waals surface area (Å²) in [5, 5.41) is 8.61. The molecule has 0 amide bonds. The van der Waals surface area contributed by atoms with Crippen LogP contribution in [0.5, 0.6) is 0 Å². The van der Waals surface area contributed by atoms with Gasteiger partial charge in [-0.05, 0) is 25.8 Å². The van der Waals surface area contributed by atoms with Crippen LogP contribution < -0.4 is 0 Å². The van der Waals surface area contributed by atoms with Gasteiger partial charge in [0, 0.05) is 6.61 Å². The van der Waals surface area contributed by atoms with Gasteiger partial charge in [-0.25, -0.2) is 0 Å². The highest BCUT2D eigenvalue weighted by Gasteiger charge is 2.06. The van der Waals surface area contributed by atoms with E-state index < -0.39 is 8.07 Å². The first-order chi connectivity index (χ1) is 5.95. The van der Waals surface area contributed by atoms with Crippen molar-refractivity contribution in [2.45, 2.75) is 39.4 Å². The highest BCUT2D eigenvalue weighted by Crippen LogP contribution is 2.02. The van der Waals surface area contributed by atoms with Crippen molar-refractivity contribution in [3.05, 3.63) is 11.6 Å². The molecule has 74 valence electrons. The van der Waals surface area contributed by atoms with Crippen LogP contribution in [0.4, 0.5) is 0 Å². The molecule has 0 bridgehead atoms. The summed E-state index contributed by atoms with van der Waals surface area (Å²) in [6.45, 7) is 9.03. The van der Waals surface area contributed by atoms with Gasteiger partial charge in [0.2, 0.25) is 0 Å². The van der Waals surface area contributed by atoms with Gasteiger partial charge in [0.25, 0.3) is 0 Å². The van der Waals surface area contributed by atoms with Crippen LogP contribution in [0.3, 0.4) is 0 Å². The van der Waals surface area contributed by atoms with E-state index in [0.717, 1.165) is 12.8 Å². The van der Waals surface area contributed by atoms with Gasteiger partial charge in [0.1, 0.15) is 8.07 Å². The van der Waals surface area contributed by atoms with Gasteiger partial charge >= 0.3 is 0 Å². The molecular weight excluding hydrogens is 176 g/mol. The Balaban J connectivity index is 4.00. The molecule has 0 saturated heterocycles. The minimum Gasteiger partial charge on any atom is -0.396 e. The van der Waals surface area contributed by atoms with E-state index in [2.05, 4.69) is 38.0 Å². The fraction of sp³-hybridized carbons (Fsp3) is 0.636. The molecule has 0 aliphatic carbocycles. The number of rotatable bonds is 3. The molecule has 0 aromatic carbocycles. The van der Waals surface area contributed by atoms with Gasteiger partial charge in [-0.3, -0.25) is 0 Å². The average Bonchev–Trinajstić information content (AvgIpc) is 1.98. The topological polar surface area (TPSA) is 20.2 Å². The lowest BCUT2D eigenvalue weighted by atomic mass is 10.1. The average molecular weight is 196 g/mol. The van der Waals surface area contributed by atoms with E-state index >= 15 is 0 Å². The first-order valence-electron chi connectivity index (χ1n) is 4.75. The Morgan fingerprint density at radius 3 is 2.46 bits per heavy atom. The van der Waals surface area contributed by atoms with Gasteiger partial charge in [0.15, 0.2) is 0 Å². The molecule has 0 rings (SSSR count). The van der Waals surface area contributed by atoms with Crippen molar-refractivity contribution in [2.24, 2.45) is 0 Å². The Kier molecular flexibility index (Phi) is 5.77. The predicted octanol–water partition coefficient (Wildman–Crippen LogP) is 2.59. The highest BCUT2D eigenvalue weighted by atomic mass is 28.3. The lowest BCUT2D eigenvalue weighted by Crippen LogP contribution is -2.16. The van der Waals surface area contributed by atoms with E-state index in [1.54, 1.807) is 0 Å². The fourth-order valence-electron chi connectivity index (χ4n) is 0.806. The largest absolute Gasteiger partial charge is 0.396 e. The van der Waals surface area contributed by atoms with Gasteiger partial charge in [0.05, 0.1) is 0 Å². The van der Waals surface area contributed by atoms with E-state index in [1.165, 1.54) is 5.57 Å². The molecule has 2 heteroatoms. The monoisotopic (exact) mass is 196 g/mol. The third-order valence-electron chi connectivity index (χ3n) is 1.49. The molecule has 0 fully saturated rings. The molecule has 13 heavy (non-hydrogen) atoms. The first-order valence-corrected chi connectivity index (χ1v) is 8.25. The molecule has 0 aliphatic rings. The Bertz CT molecular complexity index is 225. The van der Waals surface area contributed by atoms with E-state index in [1.807, 2.05) is 6.08 Å². The summed E-state index contributed by atoms with van der Waals surface area (Å²) in [7, 11) is -1.21. The Morgan fingerprint density at radius 1 is 1.38 bits per heavy atom. The normalized spacial score (nSPS) is 12.2. The second kappa shape index (κ2) is 6.01. The summed E-state index contributed by atoms with van der Waals surface area (Å²) in [4.78, 5) is 0. The minimum atomic E-state index is -1.21. The lowest BCUT2D eigenvalue weighted by molar-refractivity contribution is 0.288. The molecule has 0 heterocycles. The number of aliphatic hydroxyl groups excluding tert-OH is 1. The maximum absolute atomic E-state index is 8.61. The summed E-state index contributed by atoms with van der Waals surface area (Å²) in [6, 6.07) is 0. The van der Waals surface area contributed by atoms with Crippen molar-refractivity contribution in [2.75, 3.05) is 6.61 Å². The summed E-state index contributed by atoms with van der Waals surface area (Å²) in [6.07, 6.45) is 3.78. The van der Waals surface area contributed by atoms with Crippen LogP contribution in [-0.2, 0) is 0 Å². The third-order valence-corrected chi connectivity index (χ3v) is 2.39. The van der Waals surface area contributed by atoms with Crippen molar-refractivity contribution in [1.29, 1.82) is 0 Å². The van der Waals surface area contributed by atoms with Gasteiger partial charge < -0.3 is 5.11 Å². The van der Waals surface area contributed by atoms with Crippen LogP contribution in [0.15, 0.2) is 11.6 Å². The summed E-state index contributed by atoms with van der Waals surface area (Å²) >= 11 is 0.